The molecule has 1 N–H and O–H groups in total. The lowest BCUT2D eigenvalue weighted by Crippen LogP contribution is -2.51. The third kappa shape index (κ3) is 3.71. The Morgan fingerprint density at radius 1 is 1.05 bits per heavy atom. The zero-order valence-corrected chi connectivity index (χ0v) is 13.3. The third-order valence-corrected chi connectivity index (χ3v) is 4.69. The molecule has 0 bridgehead atoms. The minimum Gasteiger partial charge on any atom is -0.481 e. The molecule has 0 aromatic carbocycles. The van der Waals surface area contributed by atoms with Crippen LogP contribution in [0, 0.1) is 16.2 Å². The van der Waals surface area contributed by atoms with E-state index in [1.165, 1.54) is 0 Å². The predicted molar refractivity (Wildman–Crippen MR) is 74.8 cm³/mol. The molecule has 0 radical (unpaired) electrons. The first-order valence-corrected chi connectivity index (χ1v) is 6.79. The molecule has 0 spiro atoms. The van der Waals surface area contributed by atoms with E-state index in [0.29, 0.717) is 0 Å². The standard InChI is InChI=1S/C15H28O4/c1-8-14(5,6)15(7,13(2,3)4)12(18)19-10-9-11(16)17/h8-10H2,1-7H3,(H,16,17). The third-order valence-electron chi connectivity index (χ3n) is 4.69. The molecular weight excluding hydrogens is 244 g/mol. The fourth-order valence-electron chi connectivity index (χ4n) is 2.33. The van der Waals surface area contributed by atoms with Gasteiger partial charge in [0.25, 0.3) is 0 Å². The molecule has 0 amide bonds. The Hall–Kier alpha value is -1.06. The zero-order valence-electron chi connectivity index (χ0n) is 13.3. The van der Waals surface area contributed by atoms with Gasteiger partial charge in [-0.05, 0) is 24.2 Å². The fraction of sp³-hybridized carbons (Fsp3) is 0.867. The van der Waals surface area contributed by atoms with E-state index in [4.69, 9.17) is 9.84 Å². The van der Waals surface area contributed by atoms with Crippen LogP contribution in [0.15, 0.2) is 0 Å². The van der Waals surface area contributed by atoms with Crippen LogP contribution in [0.2, 0.25) is 0 Å². The van der Waals surface area contributed by atoms with Crippen molar-refractivity contribution in [3.8, 4) is 0 Å². The van der Waals surface area contributed by atoms with Crippen molar-refractivity contribution in [1.29, 1.82) is 0 Å². The number of hydrogen-bond acceptors (Lipinski definition) is 3. The van der Waals surface area contributed by atoms with Crippen LogP contribution in [0.3, 0.4) is 0 Å². The minimum absolute atomic E-state index is 0.0698. The van der Waals surface area contributed by atoms with Gasteiger partial charge in [0.15, 0.2) is 0 Å². The summed E-state index contributed by atoms with van der Waals surface area (Å²) >= 11 is 0. The average Bonchev–Trinajstić information content (AvgIpc) is 2.25. The number of hydrogen-bond donors (Lipinski definition) is 1. The molecule has 0 saturated carbocycles. The summed E-state index contributed by atoms with van der Waals surface area (Å²) in [6.45, 7) is 14.1. The molecule has 0 aromatic heterocycles. The fourth-order valence-corrected chi connectivity index (χ4v) is 2.33. The Balaban J connectivity index is 5.18. The van der Waals surface area contributed by atoms with Crippen LogP contribution in [0.4, 0.5) is 0 Å². The summed E-state index contributed by atoms with van der Waals surface area (Å²) in [5.74, 6) is -1.27. The van der Waals surface area contributed by atoms with Gasteiger partial charge >= 0.3 is 11.9 Å². The maximum atomic E-state index is 12.5. The molecule has 1 unspecified atom stereocenters. The Morgan fingerprint density at radius 2 is 1.53 bits per heavy atom. The number of aliphatic carboxylic acids is 1. The van der Waals surface area contributed by atoms with Crippen molar-refractivity contribution in [1.82, 2.24) is 0 Å². The molecule has 112 valence electrons. The van der Waals surface area contributed by atoms with Crippen molar-refractivity contribution in [2.75, 3.05) is 6.61 Å². The molecule has 0 rings (SSSR count). The Kier molecular flexibility index (Phi) is 5.60. The van der Waals surface area contributed by atoms with E-state index >= 15 is 0 Å². The Bertz CT molecular complexity index is 339. The van der Waals surface area contributed by atoms with Crippen molar-refractivity contribution in [3.05, 3.63) is 0 Å². The van der Waals surface area contributed by atoms with Crippen LogP contribution in [-0.2, 0) is 14.3 Å². The zero-order chi connectivity index (χ0) is 15.5. The highest BCUT2D eigenvalue weighted by atomic mass is 16.5. The molecule has 0 heterocycles. The van der Waals surface area contributed by atoms with Gasteiger partial charge in [-0.1, -0.05) is 41.5 Å². The second kappa shape index (κ2) is 5.93. The van der Waals surface area contributed by atoms with E-state index < -0.39 is 11.4 Å². The summed E-state index contributed by atoms with van der Waals surface area (Å²) in [7, 11) is 0. The predicted octanol–water partition coefficient (Wildman–Crippen LogP) is 3.49. The lowest BCUT2D eigenvalue weighted by Gasteiger charge is -2.50. The quantitative estimate of drug-likeness (QED) is 0.752. The van der Waals surface area contributed by atoms with Crippen LogP contribution in [0.25, 0.3) is 0 Å². The number of carboxylic acid groups (broad SMARTS) is 1. The highest BCUT2D eigenvalue weighted by Crippen LogP contribution is 2.53. The van der Waals surface area contributed by atoms with Crippen molar-refractivity contribution < 1.29 is 19.4 Å². The van der Waals surface area contributed by atoms with Crippen molar-refractivity contribution in [2.24, 2.45) is 16.2 Å². The first kappa shape index (κ1) is 17.9. The van der Waals surface area contributed by atoms with Gasteiger partial charge in [0.2, 0.25) is 0 Å². The molecule has 4 nitrogen and oxygen atoms in total. The normalized spacial score (nSPS) is 15.7. The van der Waals surface area contributed by atoms with Gasteiger partial charge in [-0.25, -0.2) is 0 Å². The van der Waals surface area contributed by atoms with E-state index in [-0.39, 0.29) is 29.8 Å². The van der Waals surface area contributed by atoms with Gasteiger partial charge in [-0.15, -0.1) is 0 Å². The van der Waals surface area contributed by atoms with E-state index in [2.05, 4.69) is 20.8 Å². The molecule has 0 fully saturated rings. The molecule has 0 aliphatic carbocycles. The maximum absolute atomic E-state index is 12.5. The van der Waals surface area contributed by atoms with Gasteiger partial charge in [0, 0.05) is 0 Å². The van der Waals surface area contributed by atoms with E-state index in [0.717, 1.165) is 6.42 Å². The first-order valence-electron chi connectivity index (χ1n) is 6.79. The SMILES string of the molecule is CCC(C)(C)C(C)(C(=O)OCCC(=O)O)C(C)(C)C. The summed E-state index contributed by atoms with van der Waals surface area (Å²) in [4.78, 5) is 23.0. The smallest absolute Gasteiger partial charge is 0.312 e. The molecular formula is C15H28O4. The van der Waals surface area contributed by atoms with Crippen molar-refractivity contribution >= 4 is 11.9 Å². The number of ether oxygens (including phenoxy) is 1. The van der Waals surface area contributed by atoms with Gasteiger partial charge in [0.1, 0.15) is 6.61 Å². The molecule has 1 atom stereocenters. The molecule has 4 heteroatoms. The summed E-state index contributed by atoms with van der Waals surface area (Å²) < 4.78 is 5.21. The van der Waals surface area contributed by atoms with Crippen LogP contribution >= 0.6 is 0 Å². The van der Waals surface area contributed by atoms with E-state index in [1.807, 2.05) is 27.7 Å². The Labute approximate surface area is 116 Å². The number of carboxylic acids is 1. The molecule has 19 heavy (non-hydrogen) atoms. The highest BCUT2D eigenvalue weighted by Gasteiger charge is 2.54. The summed E-state index contributed by atoms with van der Waals surface area (Å²) in [5.41, 5.74) is -1.17. The Morgan fingerprint density at radius 3 is 1.84 bits per heavy atom. The molecule has 0 aliphatic heterocycles. The van der Waals surface area contributed by atoms with Crippen LogP contribution in [-0.4, -0.2) is 23.7 Å². The molecule has 0 aromatic rings. The molecule has 0 saturated heterocycles. The van der Waals surface area contributed by atoms with Crippen LogP contribution in [0.1, 0.15) is 61.3 Å². The number of rotatable bonds is 6. The largest absolute Gasteiger partial charge is 0.481 e. The maximum Gasteiger partial charge on any atom is 0.312 e. The second-order valence-corrected chi connectivity index (χ2v) is 6.89. The molecule has 0 aliphatic rings. The number of carbonyl (C=O) groups excluding carboxylic acids is 1. The number of carbonyl (C=O) groups is 2. The lowest BCUT2D eigenvalue weighted by molar-refractivity contribution is -0.175. The van der Waals surface area contributed by atoms with E-state index in [9.17, 15) is 9.59 Å². The average molecular weight is 272 g/mol. The van der Waals surface area contributed by atoms with Gasteiger partial charge in [0.05, 0.1) is 11.8 Å². The van der Waals surface area contributed by atoms with E-state index in [1.54, 1.807) is 0 Å². The second-order valence-electron chi connectivity index (χ2n) is 6.89. The van der Waals surface area contributed by atoms with Crippen LogP contribution < -0.4 is 0 Å². The van der Waals surface area contributed by atoms with Crippen molar-refractivity contribution in [2.45, 2.75) is 61.3 Å². The monoisotopic (exact) mass is 272 g/mol. The van der Waals surface area contributed by atoms with Gasteiger partial charge < -0.3 is 9.84 Å². The minimum atomic E-state index is -0.958. The highest BCUT2D eigenvalue weighted by molar-refractivity contribution is 5.78. The lowest BCUT2D eigenvalue weighted by atomic mass is 9.53. The summed E-state index contributed by atoms with van der Waals surface area (Å²) in [5, 5.41) is 8.60. The van der Waals surface area contributed by atoms with Crippen molar-refractivity contribution in [3.63, 3.8) is 0 Å². The van der Waals surface area contributed by atoms with Crippen LogP contribution in [0.5, 0.6) is 0 Å². The topological polar surface area (TPSA) is 63.6 Å². The summed E-state index contributed by atoms with van der Waals surface area (Å²) in [6.07, 6.45) is 0.688. The summed E-state index contributed by atoms with van der Waals surface area (Å²) in [6, 6.07) is 0. The first-order chi connectivity index (χ1) is 8.40. The van der Waals surface area contributed by atoms with Gasteiger partial charge in [-0.3, -0.25) is 9.59 Å². The van der Waals surface area contributed by atoms with Gasteiger partial charge in [-0.2, -0.15) is 0 Å². The number of esters is 1.